The molecule has 19 heavy (non-hydrogen) atoms. The molecular formula is C12H21F3N2O2. The molecule has 0 saturated carbocycles. The Morgan fingerprint density at radius 3 is 2.37 bits per heavy atom. The first-order chi connectivity index (χ1) is 8.78. The number of carbonyl (C=O) groups excluding carboxylic acids is 1. The predicted molar refractivity (Wildman–Crippen MR) is 64.6 cm³/mol. The molecule has 1 aliphatic rings. The van der Waals surface area contributed by atoms with Crippen LogP contribution in [0.3, 0.4) is 0 Å². The standard InChI is InChI=1S/C12H21F3N2O2/c1-3-8(4-2)17(7-12(13,14)15)11(19)10-5-9(18)6-16-10/h8-10,16,18H,3-7H2,1-2H3. The van der Waals surface area contributed by atoms with Crippen molar-refractivity contribution in [2.75, 3.05) is 13.1 Å². The number of alkyl halides is 3. The van der Waals surface area contributed by atoms with E-state index in [9.17, 15) is 23.1 Å². The van der Waals surface area contributed by atoms with Crippen LogP contribution in [0.2, 0.25) is 0 Å². The van der Waals surface area contributed by atoms with Crippen molar-refractivity contribution in [2.24, 2.45) is 0 Å². The Balaban J connectivity index is 2.80. The van der Waals surface area contributed by atoms with E-state index in [2.05, 4.69) is 5.32 Å². The maximum Gasteiger partial charge on any atom is 0.406 e. The highest BCUT2D eigenvalue weighted by molar-refractivity contribution is 5.82. The number of hydrogen-bond acceptors (Lipinski definition) is 3. The number of hydrogen-bond donors (Lipinski definition) is 2. The number of rotatable bonds is 5. The van der Waals surface area contributed by atoms with Crippen LogP contribution in [0.1, 0.15) is 33.1 Å². The number of nitrogens with zero attached hydrogens (tertiary/aromatic N) is 1. The second kappa shape index (κ2) is 6.56. The van der Waals surface area contributed by atoms with Gasteiger partial charge in [0.05, 0.1) is 12.1 Å². The van der Waals surface area contributed by atoms with Crippen LogP contribution >= 0.6 is 0 Å². The fourth-order valence-electron chi connectivity index (χ4n) is 2.41. The summed E-state index contributed by atoms with van der Waals surface area (Å²) < 4.78 is 37.8. The topological polar surface area (TPSA) is 52.6 Å². The third-order valence-corrected chi connectivity index (χ3v) is 3.42. The molecule has 2 unspecified atom stereocenters. The van der Waals surface area contributed by atoms with Crippen molar-refractivity contribution in [3.63, 3.8) is 0 Å². The van der Waals surface area contributed by atoms with Gasteiger partial charge in [0.25, 0.3) is 0 Å². The van der Waals surface area contributed by atoms with E-state index in [0.29, 0.717) is 12.8 Å². The van der Waals surface area contributed by atoms with Crippen LogP contribution in [0.5, 0.6) is 0 Å². The van der Waals surface area contributed by atoms with Crippen LogP contribution in [0.15, 0.2) is 0 Å². The second-order valence-corrected chi connectivity index (χ2v) is 4.90. The van der Waals surface area contributed by atoms with Crippen molar-refractivity contribution in [1.29, 1.82) is 0 Å². The number of nitrogens with one attached hydrogen (secondary N) is 1. The van der Waals surface area contributed by atoms with Crippen LogP contribution < -0.4 is 5.32 Å². The summed E-state index contributed by atoms with van der Waals surface area (Å²) in [6.07, 6.45) is -3.94. The number of amides is 1. The molecule has 0 aromatic carbocycles. The molecule has 1 amide bonds. The molecule has 1 aliphatic heterocycles. The molecule has 0 aliphatic carbocycles. The summed E-state index contributed by atoms with van der Waals surface area (Å²) >= 11 is 0. The summed E-state index contributed by atoms with van der Waals surface area (Å²) in [7, 11) is 0. The van der Waals surface area contributed by atoms with Gasteiger partial charge < -0.3 is 15.3 Å². The van der Waals surface area contributed by atoms with Gasteiger partial charge >= 0.3 is 6.18 Å². The van der Waals surface area contributed by atoms with Gasteiger partial charge in [0.2, 0.25) is 5.91 Å². The molecule has 1 rings (SSSR count). The molecule has 0 aromatic heterocycles. The van der Waals surface area contributed by atoms with Crippen molar-refractivity contribution in [3.8, 4) is 0 Å². The first kappa shape index (κ1) is 16.2. The Morgan fingerprint density at radius 2 is 2.00 bits per heavy atom. The lowest BCUT2D eigenvalue weighted by atomic mass is 10.1. The third-order valence-electron chi connectivity index (χ3n) is 3.42. The lowest BCUT2D eigenvalue weighted by Crippen LogP contribution is -2.51. The zero-order valence-electron chi connectivity index (χ0n) is 11.2. The molecule has 7 heteroatoms. The average Bonchev–Trinajstić information content (AvgIpc) is 2.73. The Hall–Kier alpha value is -0.820. The van der Waals surface area contributed by atoms with Crippen LogP contribution in [-0.2, 0) is 4.79 Å². The van der Waals surface area contributed by atoms with Crippen molar-refractivity contribution in [2.45, 2.75) is 57.5 Å². The molecule has 0 radical (unpaired) electrons. The van der Waals surface area contributed by atoms with Crippen molar-refractivity contribution >= 4 is 5.91 Å². The molecule has 0 spiro atoms. The number of carbonyl (C=O) groups is 1. The maximum absolute atomic E-state index is 12.6. The molecular weight excluding hydrogens is 261 g/mol. The SMILES string of the molecule is CCC(CC)N(CC(F)(F)F)C(=O)C1CC(O)CN1. The molecule has 1 fully saturated rings. The van der Waals surface area contributed by atoms with Gasteiger partial charge in [-0.25, -0.2) is 0 Å². The van der Waals surface area contributed by atoms with Crippen molar-refractivity contribution in [3.05, 3.63) is 0 Å². The maximum atomic E-state index is 12.6. The minimum Gasteiger partial charge on any atom is -0.392 e. The number of β-amino-alcohol motifs (C(OH)–C–C–N with tert-alkyl or cyclic N) is 1. The molecule has 1 heterocycles. The lowest BCUT2D eigenvalue weighted by molar-refractivity contribution is -0.167. The van der Waals surface area contributed by atoms with Crippen LogP contribution in [-0.4, -0.2) is 53.4 Å². The fraction of sp³-hybridized carbons (Fsp3) is 0.917. The largest absolute Gasteiger partial charge is 0.406 e. The zero-order chi connectivity index (χ0) is 14.6. The highest BCUT2D eigenvalue weighted by Crippen LogP contribution is 2.22. The van der Waals surface area contributed by atoms with Gasteiger partial charge in [-0.1, -0.05) is 13.8 Å². The quantitative estimate of drug-likeness (QED) is 0.799. The monoisotopic (exact) mass is 282 g/mol. The molecule has 112 valence electrons. The Kier molecular flexibility index (Phi) is 5.61. The summed E-state index contributed by atoms with van der Waals surface area (Å²) in [5, 5.41) is 12.1. The van der Waals surface area contributed by atoms with E-state index in [0.717, 1.165) is 4.90 Å². The molecule has 2 atom stereocenters. The zero-order valence-corrected chi connectivity index (χ0v) is 11.2. The van der Waals surface area contributed by atoms with Crippen molar-refractivity contribution < 1.29 is 23.1 Å². The van der Waals surface area contributed by atoms with Gasteiger partial charge in [-0.2, -0.15) is 13.2 Å². The van der Waals surface area contributed by atoms with Gasteiger partial charge in [-0.15, -0.1) is 0 Å². The van der Waals surface area contributed by atoms with Crippen LogP contribution in [0.25, 0.3) is 0 Å². The highest BCUT2D eigenvalue weighted by atomic mass is 19.4. The highest BCUT2D eigenvalue weighted by Gasteiger charge is 2.39. The average molecular weight is 282 g/mol. The van der Waals surface area contributed by atoms with E-state index < -0.39 is 36.8 Å². The summed E-state index contributed by atoms with van der Waals surface area (Å²) in [6, 6.07) is -1.13. The Bertz CT molecular complexity index is 306. The minimum atomic E-state index is -4.41. The Morgan fingerprint density at radius 1 is 1.42 bits per heavy atom. The van der Waals surface area contributed by atoms with E-state index in [1.807, 2.05) is 0 Å². The van der Waals surface area contributed by atoms with E-state index in [4.69, 9.17) is 0 Å². The van der Waals surface area contributed by atoms with Crippen molar-refractivity contribution in [1.82, 2.24) is 10.2 Å². The molecule has 4 nitrogen and oxygen atoms in total. The summed E-state index contributed by atoms with van der Waals surface area (Å²) in [4.78, 5) is 13.1. The summed E-state index contributed by atoms with van der Waals surface area (Å²) in [5.41, 5.74) is 0. The first-order valence-corrected chi connectivity index (χ1v) is 6.57. The molecule has 1 saturated heterocycles. The number of halogens is 3. The van der Waals surface area contributed by atoms with Gasteiger partial charge in [-0.05, 0) is 19.3 Å². The summed E-state index contributed by atoms with van der Waals surface area (Å²) in [6.45, 7) is 2.55. The van der Waals surface area contributed by atoms with E-state index in [1.165, 1.54) is 0 Å². The lowest BCUT2D eigenvalue weighted by Gasteiger charge is -2.33. The van der Waals surface area contributed by atoms with Crippen LogP contribution in [0, 0.1) is 0 Å². The molecule has 0 bridgehead atoms. The van der Waals surface area contributed by atoms with Gasteiger partial charge in [0, 0.05) is 12.6 Å². The molecule has 2 N–H and O–H groups in total. The normalized spacial score (nSPS) is 23.9. The Labute approximate surface area is 111 Å². The van der Waals surface area contributed by atoms with Crippen LogP contribution in [0.4, 0.5) is 13.2 Å². The van der Waals surface area contributed by atoms with E-state index in [-0.39, 0.29) is 13.0 Å². The number of aliphatic hydroxyl groups is 1. The minimum absolute atomic E-state index is 0.174. The third kappa shape index (κ3) is 4.65. The van der Waals surface area contributed by atoms with E-state index in [1.54, 1.807) is 13.8 Å². The van der Waals surface area contributed by atoms with E-state index >= 15 is 0 Å². The first-order valence-electron chi connectivity index (χ1n) is 6.57. The van der Waals surface area contributed by atoms with Gasteiger partial charge in [0.15, 0.2) is 0 Å². The van der Waals surface area contributed by atoms with Gasteiger partial charge in [-0.3, -0.25) is 4.79 Å². The number of aliphatic hydroxyl groups excluding tert-OH is 1. The molecule has 0 aromatic rings. The fourth-order valence-corrected chi connectivity index (χ4v) is 2.41. The summed E-state index contributed by atoms with van der Waals surface area (Å²) in [5.74, 6) is -0.567. The van der Waals surface area contributed by atoms with Gasteiger partial charge in [0.1, 0.15) is 6.54 Å². The smallest absolute Gasteiger partial charge is 0.392 e. The predicted octanol–water partition coefficient (Wildman–Crippen LogP) is 1.29. The second-order valence-electron chi connectivity index (χ2n) is 4.90.